The van der Waals surface area contributed by atoms with E-state index in [9.17, 15) is 14.3 Å². The molecule has 4 heteroatoms. The number of carbonyl (C=O) groups excluding carboxylic acids is 1. The number of carboxylic acid groups (broad SMARTS) is 1. The molecule has 8 heavy (non-hydrogen) atoms. The van der Waals surface area contributed by atoms with Crippen LogP contribution < -0.4 is 24.0 Å². The Morgan fingerprint density at radius 2 is 2.25 bits per heavy atom. The van der Waals surface area contributed by atoms with Gasteiger partial charge in [0, 0.05) is 0 Å². The Hall–Kier alpha value is -0.263. The van der Waals surface area contributed by atoms with Crippen LogP contribution in [-0.4, -0.2) is 12.1 Å². The van der Waals surface area contributed by atoms with Crippen molar-refractivity contribution in [2.75, 3.05) is 0 Å². The zero-order valence-electron chi connectivity index (χ0n) is 4.56. The summed E-state index contributed by atoms with van der Waals surface area (Å²) in [6.45, 7) is 2.89. The van der Waals surface area contributed by atoms with Crippen LogP contribution in [0.4, 0.5) is 4.39 Å². The van der Waals surface area contributed by atoms with Crippen LogP contribution in [0.5, 0.6) is 0 Å². The third kappa shape index (κ3) is 3.91. The molecule has 0 bridgehead atoms. The van der Waals surface area contributed by atoms with E-state index in [4.69, 9.17) is 0 Å². The summed E-state index contributed by atoms with van der Waals surface area (Å²) in [5, 5.41) is 9.37. The topological polar surface area (TPSA) is 40.1 Å². The maximum Gasteiger partial charge on any atom is 1.00 e. The van der Waals surface area contributed by atoms with E-state index in [-0.39, 0.29) is 18.9 Å². The Bertz CT molecular complexity index is 94.0. The zero-order valence-corrected chi connectivity index (χ0v) is 4.56. The molecule has 0 amide bonds. The Kier molecular flexibility index (Phi) is 6.52. The molecule has 2 nitrogen and oxygen atoms in total. The van der Waals surface area contributed by atoms with Crippen LogP contribution in [0, 0.1) is 0 Å². The van der Waals surface area contributed by atoms with Crippen molar-refractivity contribution in [1.82, 2.24) is 0 Å². The number of alkyl halides is 1. The van der Waals surface area contributed by atoms with Gasteiger partial charge in [-0.2, -0.15) is 0 Å². The van der Waals surface area contributed by atoms with Crippen LogP contribution in [0.25, 0.3) is 0 Å². The molecule has 0 aliphatic heterocycles. The molecule has 0 aromatic carbocycles. The number of hydrogen-bond acceptors (Lipinski definition) is 2. The maximum atomic E-state index is 11.5. The van der Waals surface area contributed by atoms with E-state index >= 15 is 0 Å². The van der Waals surface area contributed by atoms with Crippen molar-refractivity contribution in [2.45, 2.75) is 6.17 Å². The molecular weight excluding hydrogens is 106 g/mol. The second-order valence-corrected chi connectivity index (χ2v) is 0.957. The van der Waals surface area contributed by atoms with Gasteiger partial charge in [0.15, 0.2) is 6.17 Å². The molecule has 0 radical (unpaired) electrons. The molecular formula is C4H4FLiO2. The molecule has 0 N–H and O–H groups in total. The minimum absolute atomic E-state index is 0. The second kappa shape index (κ2) is 4.89. The van der Waals surface area contributed by atoms with Gasteiger partial charge in [0.25, 0.3) is 0 Å². The van der Waals surface area contributed by atoms with Gasteiger partial charge in [0.05, 0.1) is 5.97 Å². The van der Waals surface area contributed by atoms with Crippen molar-refractivity contribution < 1.29 is 33.2 Å². The molecule has 0 aromatic heterocycles. The van der Waals surface area contributed by atoms with Crippen molar-refractivity contribution in [3.05, 3.63) is 12.7 Å². The summed E-state index contributed by atoms with van der Waals surface area (Å²) in [4.78, 5) is 9.37. The summed E-state index contributed by atoms with van der Waals surface area (Å²) in [5.41, 5.74) is 0. The van der Waals surface area contributed by atoms with Crippen LogP contribution in [-0.2, 0) is 4.79 Å². The molecule has 0 aromatic rings. The summed E-state index contributed by atoms with van der Waals surface area (Å²) in [6, 6.07) is 0. The summed E-state index contributed by atoms with van der Waals surface area (Å²) in [5.74, 6) is -1.74. The van der Waals surface area contributed by atoms with Gasteiger partial charge < -0.3 is 9.90 Å². The predicted octanol–water partition coefficient (Wildman–Crippen LogP) is -3.74. The molecule has 0 rings (SSSR count). The van der Waals surface area contributed by atoms with Gasteiger partial charge >= 0.3 is 18.9 Å². The quantitative estimate of drug-likeness (QED) is 0.271. The molecule has 0 spiro atoms. The van der Waals surface area contributed by atoms with Crippen LogP contribution in [0.1, 0.15) is 0 Å². The van der Waals surface area contributed by atoms with Gasteiger partial charge in [-0.3, -0.25) is 0 Å². The molecule has 1 atom stereocenters. The normalized spacial score (nSPS) is 11.1. The van der Waals surface area contributed by atoms with Gasteiger partial charge in [-0.25, -0.2) is 4.39 Å². The minimum Gasteiger partial charge on any atom is -0.547 e. The molecule has 1 unspecified atom stereocenters. The summed E-state index contributed by atoms with van der Waals surface area (Å²) in [7, 11) is 0. The minimum atomic E-state index is -2.03. The van der Waals surface area contributed by atoms with Crippen molar-refractivity contribution in [2.24, 2.45) is 0 Å². The Balaban J connectivity index is 0. The van der Waals surface area contributed by atoms with Gasteiger partial charge in [-0.05, 0) is 0 Å². The Morgan fingerprint density at radius 1 is 1.88 bits per heavy atom. The molecule has 0 aliphatic rings. The first-order valence-electron chi connectivity index (χ1n) is 1.66. The molecule has 0 heterocycles. The third-order valence-corrected chi connectivity index (χ3v) is 0.432. The fourth-order valence-corrected chi connectivity index (χ4v) is 0.0962. The predicted molar refractivity (Wildman–Crippen MR) is 20.1 cm³/mol. The number of rotatable bonds is 2. The zero-order chi connectivity index (χ0) is 5.86. The Labute approximate surface area is 58.6 Å². The summed E-state index contributed by atoms with van der Waals surface area (Å²) >= 11 is 0. The summed E-state index contributed by atoms with van der Waals surface area (Å²) < 4.78 is 11.5. The van der Waals surface area contributed by atoms with Gasteiger partial charge in [-0.1, -0.05) is 12.7 Å². The monoisotopic (exact) mass is 110 g/mol. The largest absolute Gasteiger partial charge is 1.00 e. The first-order valence-corrected chi connectivity index (χ1v) is 1.66. The van der Waals surface area contributed by atoms with Crippen LogP contribution in [0.3, 0.4) is 0 Å². The molecule has 0 saturated carbocycles. The van der Waals surface area contributed by atoms with Crippen LogP contribution in [0.15, 0.2) is 12.7 Å². The molecule has 0 fully saturated rings. The van der Waals surface area contributed by atoms with Crippen molar-refractivity contribution >= 4 is 5.97 Å². The maximum absolute atomic E-state index is 11.5. The van der Waals surface area contributed by atoms with Gasteiger partial charge in [0.1, 0.15) is 0 Å². The number of aliphatic carboxylic acids is 1. The van der Waals surface area contributed by atoms with E-state index in [0.717, 1.165) is 0 Å². The van der Waals surface area contributed by atoms with E-state index in [2.05, 4.69) is 6.58 Å². The molecule has 0 aliphatic carbocycles. The number of hydrogen-bond donors (Lipinski definition) is 0. The standard InChI is InChI=1S/C4H5FO2.Li/c1-2-3(5)4(6)7;/h2-3H,1H2,(H,6,7);/q;+1/p-1. The average molecular weight is 110 g/mol. The van der Waals surface area contributed by atoms with Gasteiger partial charge in [0.2, 0.25) is 0 Å². The molecule has 0 saturated heterocycles. The van der Waals surface area contributed by atoms with Crippen LogP contribution in [0.2, 0.25) is 0 Å². The smallest absolute Gasteiger partial charge is 0.547 e. The second-order valence-electron chi connectivity index (χ2n) is 0.957. The van der Waals surface area contributed by atoms with E-state index in [1.807, 2.05) is 0 Å². The third-order valence-electron chi connectivity index (χ3n) is 0.432. The summed E-state index contributed by atoms with van der Waals surface area (Å²) in [6.07, 6.45) is -1.37. The first-order chi connectivity index (χ1) is 3.18. The van der Waals surface area contributed by atoms with E-state index in [0.29, 0.717) is 6.08 Å². The Morgan fingerprint density at radius 3 is 2.25 bits per heavy atom. The van der Waals surface area contributed by atoms with Crippen molar-refractivity contribution in [1.29, 1.82) is 0 Å². The fourth-order valence-electron chi connectivity index (χ4n) is 0.0962. The van der Waals surface area contributed by atoms with Crippen molar-refractivity contribution in [3.63, 3.8) is 0 Å². The molecule has 40 valence electrons. The van der Waals surface area contributed by atoms with E-state index < -0.39 is 12.1 Å². The SMILES string of the molecule is C=CC(F)C(=O)[O-].[Li+]. The number of carboxylic acids is 1. The van der Waals surface area contributed by atoms with E-state index in [1.54, 1.807) is 0 Å². The van der Waals surface area contributed by atoms with E-state index in [1.165, 1.54) is 0 Å². The number of halogens is 1. The number of carbonyl (C=O) groups is 1. The fraction of sp³-hybridized carbons (Fsp3) is 0.250. The van der Waals surface area contributed by atoms with Crippen LogP contribution >= 0.6 is 0 Å². The van der Waals surface area contributed by atoms with Crippen molar-refractivity contribution in [3.8, 4) is 0 Å². The first kappa shape index (κ1) is 10.7. The van der Waals surface area contributed by atoms with Gasteiger partial charge in [-0.15, -0.1) is 0 Å². The average Bonchev–Trinajstić information content (AvgIpc) is 1.65.